The first-order chi connectivity index (χ1) is 9.64. The molecule has 0 aliphatic carbocycles. The first-order valence-electron chi connectivity index (χ1n) is 7.75. The maximum atomic E-state index is 13.7. The summed E-state index contributed by atoms with van der Waals surface area (Å²) in [4.78, 5) is 2.35. The van der Waals surface area contributed by atoms with Gasteiger partial charge >= 0.3 is 0 Å². The zero-order valence-corrected chi connectivity index (χ0v) is 13.7. The molecule has 0 saturated carbocycles. The lowest BCUT2D eigenvalue weighted by molar-refractivity contribution is 0.278. The van der Waals surface area contributed by atoms with E-state index in [-0.39, 0.29) is 5.82 Å². The summed E-state index contributed by atoms with van der Waals surface area (Å²) >= 11 is 0. The van der Waals surface area contributed by atoms with Gasteiger partial charge in [-0.1, -0.05) is 45.9 Å². The first-order valence-corrected chi connectivity index (χ1v) is 7.75. The monoisotopic (exact) mass is 282 g/mol. The van der Waals surface area contributed by atoms with Gasteiger partial charge in [0.1, 0.15) is 5.82 Å². The molecule has 0 aromatic heterocycles. The van der Waals surface area contributed by atoms with E-state index in [0.29, 0.717) is 5.92 Å². The Morgan fingerprint density at radius 1 is 1.10 bits per heavy atom. The van der Waals surface area contributed by atoms with Gasteiger partial charge in [-0.15, -0.1) is 0 Å². The third-order valence-electron chi connectivity index (χ3n) is 3.56. The number of halogens is 1. The highest BCUT2D eigenvalue weighted by Crippen LogP contribution is 2.23. The maximum absolute atomic E-state index is 13.7. The van der Waals surface area contributed by atoms with Gasteiger partial charge in [-0.25, -0.2) is 4.39 Å². The predicted octanol–water partition coefficient (Wildman–Crippen LogP) is 3.89. The highest BCUT2D eigenvalue weighted by Gasteiger charge is 2.15. The van der Waals surface area contributed by atoms with Crippen molar-refractivity contribution in [2.45, 2.75) is 40.0 Å². The second kappa shape index (κ2) is 11.9. The van der Waals surface area contributed by atoms with Crippen molar-refractivity contribution in [3.8, 4) is 0 Å². The Morgan fingerprint density at radius 2 is 1.65 bits per heavy atom. The predicted molar refractivity (Wildman–Crippen MR) is 86.8 cm³/mol. The average molecular weight is 282 g/mol. The zero-order valence-electron chi connectivity index (χ0n) is 13.7. The van der Waals surface area contributed by atoms with Gasteiger partial charge < -0.3 is 10.2 Å². The van der Waals surface area contributed by atoms with E-state index < -0.39 is 0 Å². The molecule has 3 heteroatoms. The molecule has 0 spiro atoms. The van der Waals surface area contributed by atoms with Gasteiger partial charge in [0.2, 0.25) is 0 Å². The van der Waals surface area contributed by atoms with Crippen molar-refractivity contribution in [3.63, 3.8) is 0 Å². The molecule has 0 aliphatic heterocycles. The van der Waals surface area contributed by atoms with Crippen molar-refractivity contribution < 1.29 is 4.39 Å². The normalized spacial score (nSPS) is 11.9. The lowest BCUT2D eigenvalue weighted by atomic mass is 9.95. The number of benzene rings is 1. The van der Waals surface area contributed by atoms with Crippen LogP contribution >= 0.6 is 0 Å². The van der Waals surface area contributed by atoms with Crippen LogP contribution in [0.25, 0.3) is 0 Å². The largest absolute Gasteiger partial charge is 0.320 e. The van der Waals surface area contributed by atoms with Crippen LogP contribution in [0, 0.1) is 5.82 Å². The van der Waals surface area contributed by atoms with Crippen LogP contribution in [0.15, 0.2) is 24.3 Å². The molecule has 0 saturated heterocycles. The van der Waals surface area contributed by atoms with Crippen LogP contribution in [-0.4, -0.2) is 38.1 Å². The topological polar surface area (TPSA) is 15.3 Å². The molecule has 1 atom stereocenters. The number of hydrogen-bond acceptors (Lipinski definition) is 2. The summed E-state index contributed by atoms with van der Waals surface area (Å²) in [7, 11) is 1.93. The van der Waals surface area contributed by atoms with Gasteiger partial charge in [-0.05, 0) is 50.7 Å². The Bertz CT molecular complexity index is 336. The molecular formula is C17H31FN2. The Labute approximate surface area is 124 Å². The number of hydrogen-bond donors (Lipinski definition) is 1. The van der Waals surface area contributed by atoms with Crippen LogP contribution in [0.4, 0.5) is 4.39 Å². The fourth-order valence-electron chi connectivity index (χ4n) is 2.05. The van der Waals surface area contributed by atoms with E-state index in [1.165, 1.54) is 0 Å². The molecule has 116 valence electrons. The Hall–Kier alpha value is -0.930. The van der Waals surface area contributed by atoms with E-state index in [1.807, 2.05) is 19.2 Å². The zero-order chi connectivity index (χ0) is 15.4. The second-order valence-electron chi connectivity index (χ2n) is 4.82. The molecule has 0 radical (unpaired) electrons. The summed E-state index contributed by atoms with van der Waals surface area (Å²) in [6.45, 7) is 12.6. The van der Waals surface area contributed by atoms with Crippen LogP contribution in [-0.2, 0) is 0 Å². The molecule has 1 N–H and O–H groups in total. The van der Waals surface area contributed by atoms with Crippen LogP contribution in [0.2, 0.25) is 0 Å². The summed E-state index contributed by atoms with van der Waals surface area (Å²) in [5, 5.41) is 2.93. The minimum Gasteiger partial charge on any atom is -0.320 e. The first kappa shape index (κ1) is 19.1. The maximum Gasteiger partial charge on any atom is 0.126 e. The summed E-state index contributed by atoms with van der Waals surface area (Å²) in [6.07, 6.45) is 0.984. The Kier molecular flexibility index (Phi) is 11.3. The standard InChI is InChI=1S/C14H22FN.C3H9N/c1-4-12(11-16(5-2)6-3)13-9-7-8-10-14(13)15;1-3-4-2/h7-10,12H,4-6,11H2,1-3H3;4H,3H2,1-2H3. The minimum absolute atomic E-state index is 0.0680. The lowest BCUT2D eigenvalue weighted by Gasteiger charge is -2.25. The van der Waals surface area contributed by atoms with E-state index >= 15 is 0 Å². The van der Waals surface area contributed by atoms with Crippen molar-refractivity contribution in [3.05, 3.63) is 35.6 Å². The molecule has 2 nitrogen and oxygen atoms in total. The van der Waals surface area contributed by atoms with E-state index in [9.17, 15) is 4.39 Å². The fourth-order valence-corrected chi connectivity index (χ4v) is 2.05. The molecule has 1 rings (SSSR count). The van der Waals surface area contributed by atoms with Crippen molar-refractivity contribution in [2.24, 2.45) is 0 Å². The molecule has 1 aromatic carbocycles. The van der Waals surface area contributed by atoms with E-state index in [2.05, 4.69) is 37.9 Å². The fraction of sp³-hybridized carbons (Fsp3) is 0.647. The number of nitrogens with zero attached hydrogens (tertiary/aromatic N) is 1. The Balaban J connectivity index is 0.000000796. The van der Waals surface area contributed by atoms with Crippen molar-refractivity contribution in [1.29, 1.82) is 0 Å². The van der Waals surface area contributed by atoms with E-state index in [0.717, 1.165) is 38.2 Å². The molecule has 0 fully saturated rings. The number of rotatable bonds is 7. The van der Waals surface area contributed by atoms with Crippen molar-refractivity contribution >= 4 is 0 Å². The van der Waals surface area contributed by atoms with Crippen molar-refractivity contribution in [2.75, 3.05) is 33.2 Å². The van der Waals surface area contributed by atoms with Gasteiger partial charge in [0.05, 0.1) is 0 Å². The SMILES string of the molecule is CCC(CN(CC)CC)c1ccccc1F.CCNC. The summed E-state index contributed by atoms with van der Waals surface area (Å²) in [5.41, 5.74) is 0.858. The minimum atomic E-state index is -0.0680. The molecule has 0 bridgehead atoms. The molecule has 0 heterocycles. The van der Waals surface area contributed by atoms with Gasteiger partial charge in [0.25, 0.3) is 0 Å². The van der Waals surface area contributed by atoms with Crippen molar-refractivity contribution in [1.82, 2.24) is 10.2 Å². The van der Waals surface area contributed by atoms with Crippen LogP contribution in [0.5, 0.6) is 0 Å². The molecule has 20 heavy (non-hydrogen) atoms. The van der Waals surface area contributed by atoms with Crippen LogP contribution in [0.1, 0.15) is 45.6 Å². The number of nitrogens with one attached hydrogen (secondary N) is 1. The summed E-state index contributed by atoms with van der Waals surface area (Å²) < 4.78 is 13.7. The smallest absolute Gasteiger partial charge is 0.126 e. The van der Waals surface area contributed by atoms with Crippen LogP contribution < -0.4 is 5.32 Å². The van der Waals surface area contributed by atoms with Crippen LogP contribution in [0.3, 0.4) is 0 Å². The van der Waals surface area contributed by atoms with E-state index in [1.54, 1.807) is 12.1 Å². The van der Waals surface area contributed by atoms with Gasteiger partial charge in [-0.3, -0.25) is 0 Å². The molecular weight excluding hydrogens is 251 g/mol. The highest BCUT2D eigenvalue weighted by molar-refractivity contribution is 5.22. The average Bonchev–Trinajstić information content (AvgIpc) is 2.50. The summed E-state index contributed by atoms with van der Waals surface area (Å²) in [6, 6.07) is 7.14. The summed E-state index contributed by atoms with van der Waals surface area (Å²) in [5.74, 6) is 0.239. The third kappa shape index (κ3) is 7.01. The number of likely N-dealkylation sites (N-methyl/N-ethyl adjacent to an activating group) is 1. The quantitative estimate of drug-likeness (QED) is 0.816. The Morgan fingerprint density at radius 3 is 2.05 bits per heavy atom. The second-order valence-corrected chi connectivity index (χ2v) is 4.82. The molecule has 0 aliphatic rings. The van der Waals surface area contributed by atoms with Gasteiger partial charge in [-0.2, -0.15) is 0 Å². The van der Waals surface area contributed by atoms with E-state index in [4.69, 9.17) is 0 Å². The van der Waals surface area contributed by atoms with Gasteiger partial charge in [0.15, 0.2) is 0 Å². The third-order valence-corrected chi connectivity index (χ3v) is 3.56. The molecule has 0 amide bonds. The molecule has 1 unspecified atom stereocenters. The van der Waals surface area contributed by atoms with Gasteiger partial charge in [0, 0.05) is 6.54 Å². The highest BCUT2D eigenvalue weighted by atomic mass is 19.1. The molecule has 1 aromatic rings. The lowest BCUT2D eigenvalue weighted by Crippen LogP contribution is -2.28.